The molecule has 136 valence electrons. The minimum Gasteiger partial charge on any atom is -0.368 e. The topological polar surface area (TPSA) is 54.3 Å². The van der Waals surface area contributed by atoms with Crippen LogP contribution in [0, 0.1) is 5.82 Å². The van der Waals surface area contributed by atoms with Gasteiger partial charge in [-0.15, -0.1) is 0 Å². The number of nitrogens with one attached hydrogen (secondary N) is 1. The van der Waals surface area contributed by atoms with Crippen molar-refractivity contribution in [2.45, 2.75) is 4.90 Å². The van der Waals surface area contributed by atoms with E-state index in [0.29, 0.717) is 5.52 Å². The highest BCUT2D eigenvalue weighted by Crippen LogP contribution is 2.31. The van der Waals surface area contributed by atoms with Gasteiger partial charge in [-0.25, -0.2) is 16.8 Å². The number of hydrogen-bond acceptors (Lipinski definition) is 4. The highest BCUT2D eigenvalue weighted by molar-refractivity contribution is 7.90. The second-order valence-electron chi connectivity index (χ2n) is 6.14. The summed E-state index contributed by atoms with van der Waals surface area (Å²) < 4.78 is 40.7. The van der Waals surface area contributed by atoms with Gasteiger partial charge in [0.25, 0.3) is 10.0 Å². The predicted molar refractivity (Wildman–Crippen MR) is 101 cm³/mol. The molecule has 26 heavy (non-hydrogen) atoms. The third kappa shape index (κ3) is 2.86. The van der Waals surface area contributed by atoms with E-state index in [9.17, 15) is 12.8 Å². The molecule has 0 unspecified atom stereocenters. The number of nitrogens with zero attached hydrogens (tertiary/aromatic N) is 2. The molecule has 8 heteroatoms. The van der Waals surface area contributed by atoms with Crippen LogP contribution in [0.1, 0.15) is 0 Å². The Balaban J connectivity index is 1.83. The van der Waals surface area contributed by atoms with Crippen LogP contribution in [0.5, 0.6) is 0 Å². The van der Waals surface area contributed by atoms with Crippen molar-refractivity contribution < 1.29 is 12.8 Å². The maximum absolute atomic E-state index is 13.4. The molecular formula is C18H17ClFN3O2S. The van der Waals surface area contributed by atoms with Crippen molar-refractivity contribution in [1.29, 1.82) is 0 Å². The summed E-state index contributed by atoms with van der Waals surface area (Å²) in [6.45, 7) is 3.52. The van der Waals surface area contributed by atoms with E-state index in [1.807, 2.05) is 12.1 Å². The van der Waals surface area contributed by atoms with E-state index in [2.05, 4.69) is 10.2 Å². The zero-order chi connectivity index (χ0) is 18.3. The summed E-state index contributed by atoms with van der Waals surface area (Å²) in [4.78, 5) is 2.19. The van der Waals surface area contributed by atoms with Gasteiger partial charge in [-0.3, -0.25) is 0 Å². The molecule has 5 nitrogen and oxygen atoms in total. The summed E-state index contributed by atoms with van der Waals surface area (Å²) >= 11 is 5.76. The lowest BCUT2D eigenvalue weighted by molar-refractivity contribution is 0.587. The van der Waals surface area contributed by atoms with Gasteiger partial charge < -0.3 is 10.2 Å². The number of fused-ring (bicyclic) bond motifs is 1. The summed E-state index contributed by atoms with van der Waals surface area (Å²) in [6.07, 6.45) is 1.53. The van der Waals surface area contributed by atoms with Crippen molar-refractivity contribution in [2.75, 3.05) is 31.1 Å². The Morgan fingerprint density at radius 3 is 2.58 bits per heavy atom. The van der Waals surface area contributed by atoms with Crippen molar-refractivity contribution in [3.63, 3.8) is 0 Å². The van der Waals surface area contributed by atoms with Crippen molar-refractivity contribution in [3.8, 4) is 0 Å². The van der Waals surface area contributed by atoms with Gasteiger partial charge in [0.15, 0.2) is 0 Å². The van der Waals surface area contributed by atoms with Gasteiger partial charge in [0.2, 0.25) is 0 Å². The second-order valence-corrected chi connectivity index (χ2v) is 8.36. The normalized spacial score (nSPS) is 15.5. The number of anilines is 1. The number of benzene rings is 2. The standard InChI is InChI=1S/C18H17ClFN3O2S/c19-15-12-13(4-5-16(15)20)26(24,25)23-9-6-14-17(2-1-3-18(14)23)22-10-7-21-8-11-22/h1-6,9,12,21H,7-8,10-11H2. The quantitative estimate of drug-likeness (QED) is 0.743. The van der Waals surface area contributed by atoms with Crippen molar-refractivity contribution in [2.24, 2.45) is 0 Å². The highest BCUT2D eigenvalue weighted by Gasteiger charge is 2.22. The third-order valence-corrected chi connectivity index (χ3v) is 6.56. The van der Waals surface area contributed by atoms with Crippen LogP contribution in [-0.2, 0) is 10.0 Å². The Hall–Kier alpha value is -2.09. The first-order valence-corrected chi connectivity index (χ1v) is 10.1. The van der Waals surface area contributed by atoms with Crippen LogP contribution in [0.25, 0.3) is 10.9 Å². The fourth-order valence-electron chi connectivity index (χ4n) is 3.27. The average Bonchev–Trinajstić information content (AvgIpc) is 3.09. The van der Waals surface area contributed by atoms with E-state index in [0.717, 1.165) is 49.4 Å². The van der Waals surface area contributed by atoms with E-state index in [-0.39, 0.29) is 9.92 Å². The first-order chi connectivity index (χ1) is 12.5. The predicted octanol–water partition coefficient (Wildman–Crippen LogP) is 3.08. The summed E-state index contributed by atoms with van der Waals surface area (Å²) in [6, 6.07) is 10.8. The van der Waals surface area contributed by atoms with Gasteiger partial charge in [-0.1, -0.05) is 17.7 Å². The molecule has 0 radical (unpaired) electrons. The Labute approximate surface area is 156 Å². The Morgan fingerprint density at radius 2 is 1.85 bits per heavy atom. The lowest BCUT2D eigenvalue weighted by Gasteiger charge is -2.30. The van der Waals surface area contributed by atoms with Crippen LogP contribution in [0.15, 0.2) is 53.6 Å². The van der Waals surface area contributed by atoms with Crippen LogP contribution >= 0.6 is 11.6 Å². The summed E-state index contributed by atoms with van der Waals surface area (Å²) in [5, 5.41) is 3.96. The zero-order valence-electron chi connectivity index (χ0n) is 13.8. The second kappa shape index (κ2) is 6.57. The van der Waals surface area contributed by atoms with Gasteiger partial charge in [0.05, 0.1) is 15.4 Å². The summed E-state index contributed by atoms with van der Waals surface area (Å²) in [7, 11) is -3.87. The number of halogens is 2. The molecule has 1 saturated heterocycles. The molecule has 0 spiro atoms. The molecule has 1 aliphatic rings. The molecule has 0 bridgehead atoms. The lowest BCUT2D eigenvalue weighted by Crippen LogP contribution is -2.43. The molecule has 2 aromatic carbocycles. The van der Waals surface area contributed by atoms with Crippen molar-refractivity contribution >= 4 is 38.2 Å². The first kappa shape index (κ1) is 17.3. The zero-order valence-corrected chi connectivity index (χ0v) is 15.4. The Kier molecular flexibility index (Phi) is 4.38. The van der Waals surface area contributed by atoms with E-state index in [1.54, 1.807) is 12.1 Å². The number of piperazine rings is 1. The van der Waals surface area contributed by atoms with Crippen molar-refractivity contribution in [1.82, 2.24) is 9.29 Å². The van der Waals surface area contributed by atoms with Crippen LogP contribution in [-0.4, -0.2) is 38.6 Å². The van der Waals surface area contributed by atoms with Gasteiger partial charge in [0, 0.05) is 43.4 Å². The monoisotopic (exact) mass is 393 g/mol. The summed E-state index contributed by atoms with van der Waals surface area (Å²) in [5.41, 5.74) is 1.59. The lowest BCUT2D eigenvalue weighted by atomic mass is 10.2. The molecule has 0 aliphatic carbocycles. The largest absolute Gasteiger partial charge is 0.368 e. The number of aromatic nitrogens is 1. The van der Waals surface area contributed by atoms with E-state index in [4.69, 9.17) is 11.6 Å². The van der Waals surface area contributed by atoms with Crippen molar-refractivity contribution in [3.05, 3.63) is 59.5 Å². The van der Waals surface area contributed by atoms with Crippen LogP contribution < -0.4 is 10.2 Å². The van der Waals surface area contributed by atoms with E-state index < -0.39 is 15.8 Å². The SMILES string of the molecule is O=S(=O)(c1ccc(F)c(Cl)c1)n1ccc2c(N3CCNCC3)cccc21. The van der Waals surface area contributed by atoms with E-state index in [1.165, 1.54) is 16.2 Å². The molecule has 0 atom stereocenters. The van der Waals surface area contributed by atoms with Crippen LogP contribution in [0.4, 0.5) is 10.1 Å². The molecule has 2 heterocycles. The Morgan fingerprint density at radius 1 is 1.08 bits per heavy atom. The molecule has 1 fully saturated rings. The molecule has 0 amide bonds. The maximum Gasteiger partial charge on any atom is 0.268 e. The minimum atomic E-state index is -3.87. The number of rotatable bonds is 3. The fraction of sp³-hybridized carbons (Fsp3) is 0.222. The summed E-state index contributed by atoms with van der Waals surface area (Å²) in [5.74, 6) is -0.649. The first-order valence-electron chi connectivity index (χ1n) is 8.25. The Bertz CT molecular complexity index is 1080. The van der Waals surface area contributed by atoms with Gasteiger partial charge >= 0.3 is 0 Å². The minimum absolute atomic E-state index is 0.0472. The molecular weight excluding hydrogens is 377 g/mol. The highest BCUT2D eigenvalue weighted by atomic mass is 35.5. The molecule has 0 saturated carbocycles. The molecule has 4 rings (SSSR count). The molecule has 3 aromatic rings. The fourth-order valence-corrected chi connectivity index (χ4v) is 4.89. The number of hydrogen-bond donors (Lipinski definition) is 1. The average molecular weight is 394 g/mol. The molecule has 1 N–H and O–H groups in total. The smallest absolute Gasteiger partial charge is 0.268 e. The van der Waals surface area contributed by atoms with Gasteiger partial charge in [-0.05, 0) is 36.4 Å². The maximum atomic E-state index is 13.4. The van der Waals surface area contributed by atoms with Gasteiger partial charge in [-0.2, -0.15) is 0 Å². The van der Waals surface area contributed by atoms with Gasteiger partial charge in [0.1, 0.15) is 5.82 Å². The third-order valence-electron chi connectivity index (χ3n) is 4.58. The molecule has 1 aliphatic heterocycles. The van der Waals surface area contributed by atoms with Crippen LogP contribution in [0.3, 0.4) is 0 Å². The van der Waals surface area contributed by atoms with E-state index >= 15 is 0 Å². The van der Waals surface area contributed by atoms with Crippen LogP contribution in [0.2, 0.25) is 5.02 Å². The molecule has 1 aromatic heterocycles.